The Morgan fingerprint density at radius 1 is 0.905 bits per heavy atom. The van der Waals surface area contributed by atoms with Crippen LogP contribution in [0.3, 0.4) is 0 Å². The summed E-state index contributed by atoms with van der Waals surface area (Å²) >= 11 is 17.7. The van der Waals surface area contributed by atoms with Crippen molar-refractivity contribution >= 4 is 46.4 Å². The molecule has 2 N–H and O–H groups in total. The van der Waals surface area contributed by atoms with Gasteiger partial charge in [0.2, 0.25) is 5.95 Å². The van der Waals surface area contributed by atoms with Gasteiger partial charge < -0.3 is 5.32 Å². The van der Waals surface area contributed by atoms with Gasteiger partial charge in [-0.05, 0) is 42.5 Å². The standard InChI is InChI=1S/C14H9Cl3N4/c15-9-2-4-10(5-3-9)18-14-19-13(20-21-14)8-1-6-11(16)12(17)7-8/h1-7H,(H2,18,19,20,21). The average molecular weight is 340 g/mol. The van der Waals surface area contributed by atoms with E-state index in [1.54, 1.807) is 24.3 Å². The maximum absolute atomic E-state index is 5.99. The van der Waals surface area contributed by atoms with E-state index in [4.69, 9.17) is 34.8 Å². The first kappa shape index (κ1) is 14.2. The Kier molecular flexibility index (Phi) is 4.01. The number of hydrogen-bond donors (Lipinski definition) is 2. The van der Waals surface area contributed by atoms with Crippen LogP contribution in [0.25, 0.3) is 11.4 Å². The molecule has 7 heteroatoms. The summed E-state index contributed by atoms with van der Waals surface area (Å²) in [7, 11) is 0. The van der Waals surface area contributed by atoms with Crippen LogP contribution in [0.4, 0.5) is 11.6 Å². The minimum Gasteiger partial charge on any atom is -0.323 e. The minimum atomic E-state index is 0.457. The Morgan fingerprint density at radius 2 is 1.67 bits per heavy atom. The van der Waals surface area contributed by atoms with E-state index in [2.05, 4.69) is 20.5 Å². The molecule has 3 rings (SSSR count). The molecule has 0 atom stereocenters. The summed E-state index contributed by atoms with van der Waals surface area (Å²) in [5.41, 5.74) is 1.65. The first-order valence-corrected chi connectivity index (χ1v) is 7.15. The lowest BCUT2D eigenvalue weighted by Crippen LogP contribution is -1.91. The molecule has 3 aromatic rings. The molecule has 0 unspecified atom stereocenters. The van der Waals surface area contributed by atoms with Crippen LogP contribution in [-0.2, 0) is 0 Å². The third kappa shape index (κ3) is 3.29. The van der Waals surface area contributed by atoms with Crippen molar-refractivity contribution < 1.29 is 0 Å². The normalized spacial score (nSPS) is 10.6. The Hall–Kier alpha value is -1.75. The van der Waals surface area contributed by atoms with Crippen LogP contribution in [0.1, 0.15) is 0 Å². The highest BCUT2D eigenvalue weighted by Gasteiger charge is 2.08. The highest BCUT2D eigenvalue weighted by atomic mass is 35.5. The molecule has 0 spiro atoms. The largest absolute Gasteiger partial charge is 0.323 e. The van der Waals surface area contributed by atoms with Crippen molar-refractivity contribution in [3.05, 3.63) is 57.5 Å². The van der Waals surface area contributed by atoms with Crippen LogP contribution >= 0.6 is 34.8 Å². The summed E-state index contributed by atoms with van der Waals surface area (Å²) in [5.74, 6) is 1.06. The van der Waals surface area contributed by atoms with E-state index < -0.39 is 0 Å². The van der Waals surface area contributed by atoms with Gasteiger partial charge >= 0.3 is 0 Å². The fourth-order valence-electron chi connectivity index (χ4n) is 1.75. The summed E-state index contributed by atoms with van der Waals surface area (Å²) in [6.07, 6.45) is 0. The molecule has 1 heterocycles. The second-order valence-electron chi connectivity index (χ2n) is 4.27. The van der Waals surface area contributed by atoms with E-state index >= 15 is 0 Å². The first-order chi connectivity index (χ1) is 10.1. The molecular weight excluding hydrogens is 331 g/mol. The van der Waals surface area contributed by atoms with Crippen LogP contribution in [0, 0.1) is 0 Å². The van der Waals surface area contributed by atoms with Crippen molar-refractivity contribution in [3.8, 4) is 11.4 Å². The predicted octanol–water partition coefficient (Wildman–Crippen LogP) is 5.18. The summed E-state index contributed by atoms with van der Waals surface area (Å²) in [5, 5.41) is 11.7. The van der Waals surface area contributed by atoms with Crippen LogP contribution in [-0.4, -0.2) is 15.2 Å². The molecule has 0 fully saturated rings. The molecule has 4 nitrogen and oxygen atoms in total. The van der Waals surface area contributed by atoms with Gasteiger partial charge in [0.1, 0.15) is 0 Å². The van der Waals surface area contributed by atoms with Gasteiger partial charge in [0.05, 0.1) is 10.0 Å². The number of halogens is 3. The van der Waals surface area contributed by atoms with E-state index in [0.29, 0.717) is 26.8 Å². The Balaban J connectivity index is 1.82. The molecule has 106 valence electrons. The fourth-order valence-corrected chi connectivity index (χ4v) is 2.18. The van der Waals surface area contributed by atoms with Gasteiger partial charge in [-0.3, -0.25) is 5.10 Å². The number of nitrogens with one attached hydrogen (secondary N) is 2. The van der Waals surface area contributed by atoms with Gasteiger partial charge in [-0.2, -0.15) is 4.98 Å². The highest BCUT2D eigenvalue weighted by molar-refractivity contribution is 6.42. The third-order valence-electron chi connectivity index (χ3n) is 2.78. The van der Waals surface area contributed by atoms with Gasteiger partial charge in [-0.15, -0.1) is 5.10 Å². The van der Waals surface area contributed by atoms with Crippen molar-refractivity contribution in [1.29, 1.82) is 0 Å². The van der Waals surface area contributed by atoms with Gasteiger partial charge in [0.25, 0.3) is 0 Å². The monoisotopic (exact) mass is 338 g/mol. The second kappa shape index (κ2) is 5.93. The molecule has 2 aromatic carbocycles. The van der Waals surface area contributed by atoms with Crippen molar-refractivity contribution in [2.24, 2.45) is 0 Å². The van der Waals surface area contributed by atoms with Gasteiger partial charge in [0.15, 0.2) is 5.82 Å². The van der Waals surface area contributed by atoms with Gasteiger partial charge in [-0.25, -0.2) is 0 Å². The SMILES string of the molecule is Clc1ccc(Nc2n[nH]c(-c3ccc(Cl)c(Cl)c3)n2)cc1. The maximum Gasteiger partial charge on any atom is 0.246 e. The number of H-pyrrole nitrogens is 1. The lowest BCUT2D eigenvalue weighted by atomic mass is 10.2. The second-order valence-corrected chi connectivity index (χ2v) is 5.52. The number of rotatable bonds is 3. The number of aromatic amines is 1. The first-order valence-electron chi connectivity index (χ1n) is 6.02. The number of hydrogen-bond acceptors (Lipinski definition) is 3. The smallest absolute Gasteiger partial charge is 0.246 e. The van der Waals surface area contributed by atoms with E-state index in [1.165, 1.54) is 0 Å². The Labute approximate surface area is 136 Å². The number of benzene rings is 2. The summed E-state index contributed by atoms with van der Waals surface area (Å²) in [4.78, 5) is 4.36. The fraction of sp³-hybridized carbons (Fsp3) is 0. The zero-order valence-electron chi connectivity index (χ0n) is 10.6. The molecule has 0 radical (unpaired) electrons. The molecule has 0 aliphatic heterocycles. The Morgan fingerprint density at radius 3 is 2.38 bits per heavy atom. The number of nitrogens with zero attached hydrogens (tertiary/aromatic N) is 2. The van der Waals surface area contributed by atoms with E-state index in [9.17, 15) is 0 Å². The summed E-state index contributed by atoms with van der Waals surface area (Å²) < 4.78 is 0. The van der Waals surface area contributed by atoms with E-state index in [1.807, 2.05) is 18.2 Å². The molecule has 21 heavy (non-hydrogen) atoms. The molecule has 0 bridgehead atoms. The molecule has 0 aliphatic rings. The number of anilines is 2. The van der Waals surface area contributed by atoms with E-state index in [0.717, 1.165) is 11.3 Å². The van der Waals surface area contributed by atoms with Crippen molar-refractivity contribution in [1.82, 2.24) is 15.2 Å². The van der Waals surface area contributed by atoms with Crippen LogP contribution in [0.15, 0.2) is 42.5 Å². The molecule has 0 amide bonds. The zero-order chi connectivity index (χ0) is 14.8. The lowest BCUT2D eigenvalue weighted by Gasteiger charge is -2.01. The highest BCUT2D eigenvalue weighted by Crippen LogP contribution is 2.27. The molecule has 0 aliphatic carbocycles. The van der Waals surface area contributed by atoms with Crippen molar-refractivity contribution in [3.63, 3.8) is 0 Å². The van der Waals surface area contributed by atoms with Crippen LogP contribution in [0.5, 0.6) is 0 Å². The van der Waals surface area contributed by atoms with Gasteiger partial charge in [0, 0.05) is 16.3 Å². The predicted molar refractivity (Wildman–Crippen MR) is 86.6 cm³/mol. The van der Waals surface area contributed by atoms with Crippen LogP contribution < -0.4 is 5.32 Å². The quantitative estimate of drug-likeness (QED) is 0.691. The lowest BCUT2D eigenvalue weighted by molar-refractivity contribution is 1.10. The average Bonchev–Trinajstić information content (AvgIpc) is 2.93. The minimum absolute atomic E-state index is 0.457. The Bertz CT molecular complexity index is 768. The van der Waals surface area contributed by atoms with Crippen LogP contribution in [0.2, 0.25) is 15.1 Å². The molecule has 1 aromatic heterocycles. The maximum atomic E-state index is 5.99. The van der Waals surface area contributed by atoms with E-state index in [-0.39, 0.29) is 0 Å². The topological polar surface area (TPSA) is 53.6 Å². The summed E-state index contributed by atoms with van der Waals surface area (Å²) in [6, 6.07) is 12.5. The molecule has 0 saturated heterocycles. The molecule has 0 saturated carbocycles. The van der Waals surface area contributed by atoms with Gasteiger partial charge in [-0.1, -0.05) is 34.8 Å². The zero-order valence-corrected chi connectivity index (χ0v) is 12.8. The third-order valence-corrected chi connectivity index (χ3v) is 3.77. The molecular formula is C14H9Cl3N4. The van der Waals surface area contributed by atoms with Crippen molar-refractivity contribution in [2.45, 2.75) is 0 Å². The van der Waals surface area contributed by atoms with Crippen molar-refractivity contribution in [2.75, 3.05) is 5.32 Å². The number of aromatic nitrogens is 3. The summed E-state index contributed by atoms with van der Waals surface area (Å²) in [6.45, 7) is 0.